The first-order valence-electron chi connectivity index (χ1n) is 11.4. The number of rotatable bonds is 7. The fourth-order valence-electron chi connectivity index (χ4n) is 3.61. The number of nitrogens with zero attached hydrogens (tertiary/aromatic N) is 4. The molecule has 8 nitrogen and oxygen atoms in total. The number of aromatic nitrogens is 2. The molecule has 0 spiro atoms. The highest BCUT2D eigenvalue weighted by atomic mass is 127. The summed E-state index contributed by atoms with van der Waals surface area (Å²) < 4.78 is 11.6. The van der Waals surface area contributed by atoms with Crippen LogP contribution in [-0.2, 0) is 18.5 Å². The van der Waals surface area contributed by atoms with Crippen molar-refractivity contribution in [3.63, 3.8) is 0 Å². The zero-order valence-electron chi connectivity index (χ0n) is 20.3. The lowest BCUT2D eigenvalue weighted by molar-refractivity contribution is 0.164. The summed E-state index contributed by atoms with van der Waals surface area (Å²) in [6.45, 7) is 17.5. The lowest BCUT2D eigenvalue weighted by atomic mass is 9.94. The zero-order chi connectivity index (χ0) is 22.4. The number of hydrogen-bond donors (Lipinski definition) is 2. The van der Waals surface area contributed by atoms with Gasteiger partial charge in [0.15, 0.2) is 5.96 Å². The van der Waals surface area contributed by atoms with Gasteiger partial charge in [-0.15, -0.1) is 24.0 Å². The monoisotopic (exact) mass is 558 g/mol. The van der Waals surface area contributed by atoms with Crippen LogP contribution < -0.4 is 10.6 Å². The Morgan fingerprint density at radius 3 is 2.44 bits per heavy atom. The summed E-state index contributed by atoms with van der Waals surface area (Å²) in [5.41, 5.74) is 0.945. The van der Waals surface area contributed by atoms with E-state index in [1.165, 1.54) is 0 Å². The Hall–Kier alpha value is -1.62. The fourth-order valence-corrected chi connectivity index (χ4v) is 3.61. The molecule has 2 aromatic heterocycles. The molecule has 0 aliphatic carbocycles. The highest BCUT2D eigenvalue weighted by molar-refractivity contribution is 14.0. The molecule has 0 saturated carbocycles. The van der Waals surface area contributed by atoms with Crippen LogP contribution in [0.2, 0.25) is 0 Å². The first kappa shape index (κ1) is 26.6. The molecule has 1 fully saturated rings. The number of guanidine groups is 1. The second-order valence-corrected chi connectivity index (χ2v) is 9.41. The summed E-state index contributed by atoms with van der Waals surface area (Å²) in [6, 6.07) is 0. The Balaban J connectivity index is 0.00000363. The Bertz CT molecular complexity index is 843. The number of halogens is 1. The van der Waals surface area contributed by atoms with Gasteiger partial charge >= 0.3 is 0 Å². The quantitative estimate of drug-likeness (QED) is 0.300. The second kappa shape index (κ2) is 12.0. The minimum absolute atomic E-state index is 0. The predicted molar refractivity (Wildman–Crippen MR) is 137 cm³/mol. The molecule has 0 unspecified atom stereocenters. The maximum absolute atomic E-state index is 5.85. The van der Waals surface area contributed by atoms with Gasteiger partial charge in [0.25, 0.3) is 0 Å². The average Bonchev–Trinajstić information content (AvgIpc) is 3.32. The van der Waals surface area contributed by atoms with Crippen LogP contribution in [-0.4, -0.2) is 47.0 Å². The van der Waals surface area contributed by atoms with E-state index in [1.807, 2.05) is 13.8 Å². The number of nitrogens with one attached hydrogen (secondary N) is 2. The van der Waals surface area contributed by atoms with Crippen molar-refractivity contribution in [2.45, 2.75) is 72.9 Å². The first-order valence-corrected chi connectivity index (χ1v) is 11.4. The van der Waals surface area contributed by atoms with E-state index in [4.69, 9.17) is 8.83 Å². The molecule has 32 heavy (non-hydrogen) atoms. The molecule has 2 N–H and O–H groups in total. The maximum Gasteiger partial charge on any atom is 0.216 e. The Morgan fingerprint density at radius 1 is 1.16 bits per heavy atom. The van der Waals surface area contributed by atoms with Crippen LogP contribution in [0, 0.1) is 19.8 Å². The van der Waals surface area contributed by atoms with Gasteiger partial charge in [-0.25, -0.2) is 15.0 Å². The van der Waals surface area contributed by atoms with Crippen LogP contribution in [0.4, 0.5) is 0 Å². The molecule has 9 heteroatoms. The van der Waals surface area contributed by atoms with Gasteiger partial charge < -0.3 is 19.5 Å². The summed E-state index contributed by atoms with van der Waals surface area (Å²) in [6.07, 6.45) is 4.11. The molecule has 3 rings (SSSR count). The van der Waals surface area contributed by atoms with E-state index in [0.717, 1.165) is 74.6 Å². The van der Waals surface area contributed by atoms with Crippen molar-refractivity contribution < 1.29 is 8.83 Å². The van der Waals surface area contributed by atoms with E-state index in [9.17, 15) is 0 Å². The standard InChI is InChI=1S/C23H38N6O2.HI/c1-7-24-22(27-14-20-25-13-19(31-20)23(4,5)6)26-12-18-8-10-29(11-9-18)15-21-28-16(2)17(3)30-21;/h13,18H,7-12,14-15H2,1-6H3,(H2,24,26,27);1H. The number of aryl methyl sites for hydroxylation is 2. The minimum atomic E-state index is -0.0444. The van der Waals surface area contributed by atoms with Crippen molar-refractivity contribution in [1.29, 1.82) is 0 Å². The third kappa shape index (κ3) is 7.75. The highest BCUT2D eigenvalue weighted by Crippen LogP contribution is 2.23. The van der Waals surface area contributed by atoms with E-state index in [-0.39, 0.29) is 29.4 Å². The largest absolute Gasteiger partial charge is 0.444 e. The molecule has 180 valence electrons. The fraction of sp³-hybridized carbons (Fsp3) is 0.696. The van der Waals surface area contributed by atoms with Gasteiger partial charge in [-0.3, -0.25) is 4.90 Å². The molecule has 0 amide bonds. The van der Waals surface area contributed by atoms with Crippen molar-refractivity contribution in [3.05, 3.63) is 35.2 Å². The van der Waals surface area contributed by atoms with Gasteiger partial charge in [0.2, 0.25) is 11.8 Å². The molecule has 3 heterocycles. The molecule has 2 aromatic rings. The van der Waals surface area contributed by atoms with Gasteiger partial charge in [0.05, 0.1) is 18.4 Å². The maximum atomic E-state index is 5.85. The van der Waals surface area contributed by atoms with E-state index >= 15 is 0 Å². The summed E-state index contributed by atoms with van der Waals surface area (Å²) in [7, 11) is 0. The van der Waals surface area contributed by atoms with Gasteiger partial charge in [0.1, 0.15) is 18.1 Å². The first-order chi connectivity index (χ1) is 14.7. The lowest BCUT2D eigenvalue weighted by Crippen LogP contribution is -2.42. The molecule has 0 aromatic carbocycles. The predicted octanol–water partition coefficient (Wildman–Crippen LogP) is 4.16. The SMILES string of the molecule is CCNC(=NCc1ncc(C(C)(C)C)o1)NCC1CCN(Cc2nc(C)c(C)o2)CC1.I. The number of oxazole rings is 2. The molecule has 0 radical (unpaired) electrons. The van der Waals surface area contributed by atoms with Gasteiger partial charge in [-0.1, -0.05) is 20.8 Å². The topological polar surface area (TPSA) is 91.7 Å². The number of piperidine rings is 1. The number of likely N-dealkylation sites (tertiary alicyclic amines) is 1. The molecule has 0 atom stereocenters. The summed E-state index contributed by atoms with van der Waals surface area (Å²) in [5, 5.41) is 6.81. The highest BCUT2D eigenvalue weighted by Gasteiger charge is 2.21. The van der Waals surface area contributed by atoms with Crippen LogP contribution in [0.1, 0.15) is 69.5 Å². The summed E-state index contributed by atoms with van der Waals surface area (Å²) >= 11 is 0. The Kier molecular flexibility index (Phi) is 10.00. The molecule has 0 bridgehead atoms. The minimum Gasteiger partial charge on any atom is -0.444 e. The van der Waals surface area contributed by atoms with Crippen LogP contribution >= 0.6 is 24.0 Å². The molecule has 1 aliphatic rings. The van der Waals surface area contributed by atoms with Crippen molar-refractivity contribution in [3.8, 4) is 0 Å². The summed E-state index contributed by atoms with van der Waals surface area (Å²) in [4.78, 5) is 16.0. The Labute approximate surface area is 209 Å². The van der Waals surface area contributed by atoms with E-state index in [2.05, 4.69) is 58.2 Å². The van der Waals surface area contributed by atoms with Gasteiger partial charge in [-0.2, -0.15) is 0 Å². The van der Waals surface area contributed by atoms with E-state index < -0.39 is 0 Å². The molecular formula is C23H39IN6O2. The third-order valence-electron chi connectivity index (χ3n) is 5.71. The van der Waals surface area contributed by atoms with Crippen molar-refractivity contribution >= 4 is 29.9 Å². The van der Waals surface area contributed by atoms with Crippen molar-refractivity contribution in [2.24, 2.45) is 10.9 Å². The molecule has 1 aliphatic heterocycles. The third-order valence-corrected chi connectivity index (χ3v) is 5.71. The van der Waals surface area contributed by atoms with Crippen LogP contribution in [0.5, 0.6) is 0 Å². The van der Waals surface area contributed by atoms with Crippen LogP contribution in [0.15, 0.2) is 20.0 Å². The normalized spacial score (nSPS) is 16.1. The second-order valence-electron chi connectivity index (χ2n) is 9.41. The van der Waals surface area contributed by atoms with Crippen LogP contribution in [0.3, 0.4) is 0 Å². The van der Waals surface area contributed by atoms with E-state index in [0.29, 0.717) is 18.4 Å². The molecular weight excluding hydrogens is 519 g/mol. The average molecular weight is 559 g/mol. The number of hydrogen-bond acceptors (Lipinski definition) is 6. The van der Waals surface area contributed by atoms with Crippen molar-refractivity contribution in [1.82, 2.24) is 25.5 Å². The van der Waals surface area contributed by atoms with Crippen LogP contribution in [0.25, 0.3) is 0 Å². The van der Waals surface area contributed by atoms with Crippen molar-refractivity contribution in [2.75, 3.05) is 26.2 Å². The van der Waals surface area contributed by atoms with E-state index in [1.54, 1.807) is 6.20 Å². The molecule has 1 saturated heterocycles. The lowest BCUT2D eigenvalue weighted by Gasteiger charge is -2.31. The van der Waals surface area contributed by atoms with Gasteiger partial charge in [0, 0.05) is 18.5 Å². The smallest absolute Gasteiger partial charge is 0.216 e. The Morgan fingerprint density at radius 2 is 1.88 bits per heavy atom. The summed E-state index contributed by atoms with van der Waals surface area (Å²) in [5.74, 6) is 4.72. The van der Waals surface area contributed by atoms with Gasteiger partial charge in [-0.05, 0) is 52.6 Å². The number of aliphatic imine (C=N–C) groups is 1. The zero-order valence-corrected chi connectivity index (χ0v) is 22.7.